The molecule has 2 rings (SSSR count). The zero-order chi connectivity index (χ0) is 10.7. The fourth-order valence-corrected chi connectivity index (χ4v) is 2.59. The van der Waals surface area contributed by atoms with Gasteiger partial charge in [-0.1, -0.05) is 22.6 Å². The van der Waals surface area contributed by atoms with Crippen LogP contribution in [0, 0.1) is 0 Å². The Hall–Kier alpha value is -0.200. The van der Waals surface area contributed by atoms with Gasteiger partial charge in [0.25, 0.3) is 0 Å². The largest absolute Gasteiger partial charge is 0.392 e. The summed E-state index contributed by atoms with van der Waals surface area (Å²) in [5.74, 6) is 0.403. The molecule has 1 N–H and O–H groups in total. The maximum Gasteiger partial charge on any atom is 0.0685 e. The summed E-state index contributed by atoms with van der Waals surface area (Å²) in [4.78, 5) is 4.12. The van der Waals surface area contributed by atoms with Gasteiger partial charge in [-0.3, -0.25) is 4.98 Å². The Morgan fingerprint density at radius 1 is 1.60 bits per heavy atom. The molecule has 1 aromatic rings. The summed E-state index contributed by atoms with van der Waals surface area (Å²) >= 11 is 2.35. The molecule has 0 amide bonds. The molecule has 2 heterocycles. The standard InChI is InChI=1S/C11H14INO2/c12-4-10-3-9(7-15-10)11-5-13-2-1-8(11)6-14/h1-2,5,9-10,14H,3-4,6-7H2/t9-,10-/m1/s1. The van der Waals surface area contributed by atoms with Crippen molar-refractivity contribution in [2.75, 3.05) is 11.0 Å². The zero-order valence-electron chi connectivity index (χ0n) is 8.40. The molecular formula is C11H14INO2. The van der Waals surface area contributed by atoms with Crippen LogP contribution in [0.15, 0.2) is 18.5 Å². The predicted octanol–water partition coefficient (Wildman–Crippen LogP) is 1.88. The summed E-state index contributed by atoms with van der Waals surface area (Å²) < 4.78 is 6.68. The van der Waals surface area contributed by atoms with Crippen molar-refractivity contribution in [3.8, 4) is 0 Å². The van der Waals surface area contributed by atoms with Gasteiger partial charge in [-0.05, 0) is 23.6 Å². The van der Waals surface area contributed by atoms with Crippen molar-refractivity contribution < 1.29 is 9.84 Å². The smallest absolute Gasteiger partial charge is 0.0685 e. The summed E-state index contributed by atoms with van der Waals surface area (Å²) in [7, 11) is 0. The number of rotatable bonds is 3. The molecule has 0 radical (unpaired) electrons. The van der Waals surface area contributed by atoms with Crippen LogP contribution in [0.25, 0.3) is 0 Å². The second kappa shape index (κ2) is 5.23. The van der Waals surface area contributed by atoms with Crippen molar-refractivity contribution in [1.82, 2.24) is 4.98 Å². The Morgan fingerprint density at radius 3 is 3.13 bits per heavy atom. The van der Waals surface area contributed by atoms with E-state index in [-0.39, 0.29) is 6.61 Å². The first kappa shape index (κ1) is 11.3. The molecule has 15 heavy (non-hydrogen) atoms. The Morgan fingerprint density at radius 2 is 2.47 bits per heavy atom. The van der Waals surface area contributed by atoms with Crippen LogP contribution in [-0.2, 0) is 11.3 Å². The van der Waals surface area contributed by atoms with Crippen LogP contribution < -0.4 is 0 Å². The van der Waals surface area contributed by atoms with Crippen LogP contribution in [-0.4, -0.2) is 27.2 Å². The van der Waals surface area contributed by atoms with E-state index in [1.54, 1.807) is 6.20 Å². The summed E-state index contributed by atoms with van der Waals surface area (Å²) in [5.41, 5.74) is 2.13. The summed E-state index contributed by atoms with van der Waals surface area (Å²) in [6.45, 7) is 0.843. The third kappa shape index (κ3) is 2.49. The lowest BCUT2D eigenvalue weighted by atomic mass is 9.94. The molecular weight excluding hydrogens is 305 g/mol. The highest BCUT2D eigenvalue weighted by Crippen LogP contribution is 2.31. The number of hydrogen-bond donors (Lipinski definition) is 1. The van der Waals surface area contributed by atoms with Crippen molar-refractivity contribution in [2.24, 2.45) is 0 Å². The first-order valence-corrected chi connectivity index (χ1v) is 6.59. The number of halogens is 1. The van der Waals surface area contributed by atoms with Crippen molar-refractivity contribution >= 4 is 22.6 Å². The minimum atomic E-state index is 0.0866. The number of aromatic nitrogens is 1. The SMILES string of the molecule is OCc1ccncc1[C@H]1CO[C@@H](CI)C1. The van der Waals surface area contributed by atoms with Crippen LogP contribution in [0.5, 0.6) is 0 Å². The lowest BCUT2D eigenvalue weighted by Crippen LogP contribution is -2.06. The molecule has 82 valence electrons. The number of aliphatic hydroxyl groups excluding tert-OH is 1. The van der Waals surface area contributed by atoms with E-state index in [0.717, 1.165) is 28.6 Å². The second-order valence-corrected chi connectivity index (χ2v) is 4.66. The number of alkyl halides is 1. The van der Waals surface area contributed by atoms with Crippen LogP contribution in [0.2, 0.25) is 0 Å². The number of pyridine rings is 1. The molecule has 1 aromatic heterocycles. The van der Waals surface area contributed by atoms with Gasteiger partial charge in [-0.2, -0.15) is 0 Å². The molecule has 0 aliphatic carbocycles. The van der Waals surface area contributed by atoms with Gasteiger partial charge in [0.15, 0.2) is 0 Å². The molecule has 0 spiro atoms. The van der Waals surface area contributed by atoms with Gasteiger partial charge in [-0.15, -0.1) is 0 Å². The summed E-state index contributed by atoms with van der Waals surface area (Å²) in [6, 6.07) is 1.88. The molecule has 0 saturated carbocycles. The highest BCUT2D eigenvalue weighted by Gasteiger charge is 2.27. The monoisotopic (exact) mass is 319 g/mol. The van der Waals surface area contributed by atoms with Crippen LogP contribution >= 0.6 is 22.6 Å². The number of aliphatic hydroxyl groups is 1. The molecule has 1 aliphatic heterocycles. The third-order valence-corrected chi connectivity index (χ3v) is 3.79. The van der Waals surface area contributed by atoms with E-state index >= 15 is 0 Å². The van der Waals surface area contributed by atoms with Crippen molar-refractivity contribution in [3.05, 3.63) is 29.6 Å². The molecule has 1 saturated heterocycles. The van der Waals surface area contributed by atoms with E-state index in [9.17, 15) is 5.11 Å². The molecule has 4 heteroatoms. The van der Waals surface area contributed by atoms with Crippen molar-refractivity contribution in [1.29, 1.82) is 0 Å². The summed E-state index contributed by atoms with van der Waals surface area (Å²) in [5, 5.41) is 9.23. The van der Waals surface area contributed by atoms with Crippen molar-refractivity contribution in [2.45, 2.75) is 25.0 Å². The van der Waals surface area contributed by atoms with Gasteiger partial charge in [-0.25, -0.2) is 0 Å². The second-order valence-electron chi connectivity index (χ2n) is 3.77. The fraction of sp³-hybridized carbons (Fsp3) is 0.545. The van der Waals surface area contributed by atoms with Crippen LogP contribution in [0.1, 0.15) is 23.5 Å². The highest BCUT2D eigenvalue weighted by molar-refractivity contribution is 14.1. The van der Waals surface area contributed by atoms with E-state index in [4.69, 9.17) is 4.74 Å². The zero-order valence-corrected chi connectivity index (χ0v) is 10.6. The number of ether oxygens (including phenoxy) is 1. The molecule has 3 nitrogen and oxygen atoms in total. The third-order valence-electron chi connectivity index (χ3n) is 2.81. The average molecular weight is 319 g/mol. The number of nitrogens with zero attached hydrogens (tertiary/aromatic N) is 1. The van der Waals surface area contributed by atoms with E-state index in [1.165, 1.54) is 0 Å². The maximum atomic E-state index is 9.23. The van der Waals surface area contributed by atoms with Gasteiger partial charge < -0.3 is 9.84 Å². The molecule has 2 atom stereocenters. The molecule has 1 aliphatic rings. The highest BCUT2D eigenvalue weighted by atomic mass is 127. The van der Waals surface area contributed by atoms with Gasteiger partial charge >= 0.3 is 0 Å². The van der Waals surface area contributed by atoms with Gasteiger partial charge in [0.2, 0.25) is 0 Å². The minimum Gasteiger partial charge on any atom is -0.392 e. The van der Waals surface area contributed by atoms with E-state index in [2.05, 4.69) is 27.6 Å². The van der Waals surface area contributed by atoms with Gasteiger partial charge in [0.05, 0.1) is 19.3 Å². The van der Waals surface area contributed by atoms with E-state index < -0.39 is 0 Å². The minimum absolute atomic E-state index is 0.0866. The normalized spacial score (nSPS) is 25.7. The Balaban J connectivity index is 2.16. The predicted molar refractivity (Wildman–Crippen MR) is 66.1 cm³/mol. The maximum absolute atomic E-state index is 9.23. The number of hydrogen-bond acceptors (Lipinski definition) is 3. The topological polar surface area (TPSA) is 42.4 Å². The van der Waals surface area contributed by atoms with E-state index in [1.807, 2.05) is 12.3 Å². The Kier molecular flexibility index (Phi) is 3.93. The molecule has 0 aromatic carbocycles. The van der Waals surface area contributed by atoms with Gasteiger partial charge in [0.1, 0.15) is 0 Å². The van der Waals surface area contributed by atoms with E-state index in [0.29, 0.717) is 12.0 Å². The lowest BCUT2D eigenvalue weighted by molar-refractivity contribution is 0.129. The first-order valence-electron chi connectivity index (χ1n) is 5.06. The van der Waals surface area contributed by atoms with Crippen LogP contribution in [0.4, 0.5) is 0 Å². The first-order chi connectivity index (χ1) is 7.35. The molecule has 0 bridgehead atoms. The lowest BCUT2D eigenvalue weighted by Gasteiger charge is -2.11. The fourth-order valence-electron chi connectivity index (χ4n) is 1.98. The quantitative estimate of drug-likeness (QED) is 0.683. The van der Waals surface area contributed by atoms with Crippen molar-refractivity contribution in [3.63, 3.8) is 0 Å². The Bertz CT molecular complexity index is 332. The molecule has 0 unspecified atom stereocenters. The van der Waals surface area contributed by atoms with Gasteiger partial charge in [0, 0.05) is 22.7 Å². The summed E-state index contributed by atoms with van der Waals surface area (Å²) in [6.07, 6.45) is 4.99. The average Bonchev–Trinajstić information content (AvgIpc) is 2.77. The molecule has 1 fully saturated rings. The Labute approximate surface area is 103 Å². The van der Waals surface area contributed by atoms with Crippen LogP contribution in [0.3, 0.4) is 0 Å².